The molecule has 116 valence electrons. The topological polar surface area (TPSA) is 49.3 Å². The molecule has 0 spiro atoms. The molecule has 0 fully saturated rings. The van der Waals surface area contributed by atoms with Crippen molar-refractivity contribution < 1.29 is 9.90 Å². The summed E-state index contributed by atoms with van der Waals surface area (Å²) in [5.74, 6) is -0.805. The molecule has 22 heavy (non-hydrogen) atoms. The van der Waals surface area contributed by atoms with Crippen molar-refractivity contribution in [2.45, 2.75) is 33.1 Å². The van der Waals surface area contributed by atoms with Crippen LogP contribution in [0.15, 0.2) is 24.3 Å². The highest BCUT2D eigenvalue weighted by Crippen LogP contribution is 2.45. The zero-order valence-corrected chi connectivity index (χ0v) is 14.0. The molecular formula is C18H21NO2S. The van der Waals surface area contributed by atoms with E-state index in [9.17, 15) is 9.90 Å². The van der Waals surface area contributed by atoms with Crippen LogP contribution in [0, 0.1) is 5.41 Å². The van der Waals surface area contributed by atoms with Crippen LogP contribution in [0.25, 0.3) is 10.4 Å². The lowest BCUT2D eigenvalue weighted by molar-refractivity contribution is 0.0696. The third-order valence-corrected chi connectivity index (χ3v) is 5.74. The lowest BCUT2D eigenvalue weighted by atomic mass is 9.76. The molecule has 1 aromatic heterocycles. The number of fused-ring (bicyclic) bond motifs is 1. The smallest absolute Gasteiger partial charge is 0.337 e. The molecular weight excluding hydrogens is 294 g/mol. The number of hydrogen-bond donors (Lipinski definition) is 2. The van der Waals surface area contributed by atoms with Gasteiger partial charge in [-0.2, -0.15) is 0 Å². The van der Waals surface area contributed by atoms with Crippen molar-refractivity contribution in [3.8, 4) is 10.4 Å². The number of anilines is 1. The number of carbonyl (C=O) groups is 1. The molecule has 1 heterocycles. The van der Waals surface area contributed by atoms with Crippen LogP contribution >= 0.6 is 11.3 Å². The normalized spacial score (nSPS) is 16.1. The predicted molar refractivity (Wildman–Crippen MR) is 92.1 cm³/mol. The van der Waals surface area contributed by atoms with Crippen molar-refractivity contribution in [3.05, 3.63) is 40.3 Å². The molecule has 3 nitrogen and oxygen atoms in total. The van der Waals surface area contributed by atoms with Crippen LogP contribution in [-0.2, 0) is 12.8 Å². The van der Waals surface area contributed by atoms with Gasteiger partial charge in [0.05, 0.1) is 5.56 Å². The van der Waals surface area contributed by atoms with Crippen molar-refractivity contribution in [1.82, 2.24) is 0 Å². The molecule has 2 aromatic rings. The minimum Gasteiger partial charge on any atom is -0.478 e. The molecule has 0 radical (unpaired) electrons. The van der Waals surface area contributed by atoms with Crippen LogP contribution in [0.2, 0.25) is 0 Å². The number of carboxylic acids is 1. The lowest BCUT2D eigenvalue weighted by Crippen LogP contribution is -2.22. The Morgan fingerprint density at radius 2 is 2.14 bits per heavy atom. The zero-order valence-electron chi connectivity index (χ0n) is 13.2. The van der Waals surface area contributed by atoms with Crippen LogP contribution in [0.5, 0.6) is 0 Å². The zero-order chi connectivity index (χ0) is 15.9. The largest absolute Gasteiger partial charge is 0.478 e. The molecule has 1 aromatic carbocycles. The Kier molecular flexibility index (Phi) is 3.73. The van der Waals surface area contributed by atoms with Gasteiger partial charge in [0.25, 0.3) is 0 Å². The monoisotopic (exact) mass is 315 g/mol. The lowest BCUT2D eigenvalue weighted by Gasteiger charge is -2.29. The fourth-order valence-electron chi connectivity index (χ4n) is 3.17. The fraction of sp³-hybridized carbons (Fsp3) is 0.389. The Morgan fingerprint density at radius 3 is 2.82 bits per heavy atom. The Balaban J connectivity index is 2.16. The molecule has 0 bridgehead atoms. The number of carboxylic acid groups (broad SMARTS) is 1. The third kappa shape index (κ3) is 2.63. The molecule has 0 atom stereocenters. The Bertz CT molecular complexity index is 731. The molecule has 3 rings (SSSR count). The number of rotatable bonds is 3. The van der Waals surface area contributed by atoms with Gasteiger partial charge in [0.1, 0.15) is 0 Å². The molecule has 0 saturated carbocycles. The van der Waals surface area contributed by atoms with Gasteiger partial charge in [-0.3, -0.25) is 0 Å². The van der Waals surface area contributed by atoms with E-state index in [1.807, 2.05) is 31.3 Å². The van der Waals surface area contributed by atoms with Gasteiger partial charge in [-0.05, 0) is 47.9 Å². The van der Waals surface area contributed by atoms with Gasteiger partial charge in [-0.15, -0.1) is 11.3 Å². The Labute approximate surface area is 135 Å². The highest BCUT2D eigenvalue weighted by atomic mass is 32.1. The van der Waals surface area contributed by atoms with Gasteiger partial charge in [0.15, 0.2) is 0 Å². The average molecular weight is 315 g/mol. The van der Waals surface area contributed by atoms with Crippen molar-refractivity contribution in [2.75, 3.05) is 12.4 Å². The molecule has 4 heteroatoms. The van der Waals surface area contributed by atoms with E-state index in [-0.39, 0.29) is 5.41 Å². The minimum atomic E-state index is -0.805. The molecule has 0 amide bonds. The van der Waals surface area contributed by atoms with Crippen molar-refractivity contribution in [3.63, 3.8) is 0 Å². The Hall–Kier alpha value is -1.81. The minimum absolute atomic E-state index is 0.183. The quantitative estimate of drug-likeness (QED) is 0.865. The number of aryl methyl sites for hydroxylation is 1. The van der Waals surface area contributed by atoms with Crippen LogP contribution in [0.1, 0.15) is 41.1 Å². The number of hydrogen-bond acceptors (Lipinski definition) is 3. The molecule has 1 aliphatic rings. The molecule has 2 N–H and O–H groups in total. The summed E-state index contributed by atoms with van der Waals surface area (Å²) < 4.78 is 0. The number of nitrogens with one attached hydrogen (secondary N) is 1. The van der Waals surface area contributed by atoms with E-state index in [4.69, 9.17) is 0 Å². The van der Waals surface area contributed by atoms with Crippen molar-refractivity contribution in [1.29, 1.82) is 0 Å². The summed E-state index contributed by atoms with van der Waals surface area (Å²) in [6.07, 6.45) is 2.96. The van der Waals surface area contributed by atoms with Crippen LogP contribution < -0.4 is 5.32 Å². The van der Waals surface area contributed by atoms with Crippen molar-refractivity contribution in [2.24, 2.45) is 5.41 Å². The molecule has 1 aliphatic carbocycles. The maximum absolute atomic E-state index is 11.9. The summed E-state index contributed by atoms with van der Waals surface area (Å²) in [7, 11) is 1.87. The van der Waals surface area contributed by atoms with Crippen LogP contribution in [0.3, 0.4) is 0 Å². The average Bonchev–Trinajstić information content (AvgIpc) is 2.84. The highest BCUT2D eigenvalue weighted by molar-refractivity contribution is 7.16. The summed E-state index contributed by atoms with van der Waals surface area (Å²) in [6, 6.07) is 7.97. The molecule has 0 unspecified atom stereocenters. The highest BCUT2D eigenvalue weighted by Gasteiger charge is 2.32. The summed E-state index contributed by atoms with van der Waals surface area (Å²) in [5, 5.41) is 12.9. The van der Waals surface area contributed by atoms with Gasteiger partial charge in [-0.1, -0.05) is 26.0 Å². The fourth-order valence-corrected chi connectivity index (χ4v) is 4.47. The molecule has 0 aliphatic heterocycles. The van der Waals surface area contributed by atoms with E-state index in [1.54, 1.807) is 11.3 Å². The number of thiophene rings is 1. The second-order valence-electron chi connectivity index (χ2n) is 6.68. The summed E-state index contributed by atoms with van der Waals surface area (Å²) in [5.41, 5.74) is 3.74. The first-order chi connectivity index (χ1) is 10.4. The van der Waals surface area contributed by atoms with Gasteiger partial charge < -0.3 is 10.4 Å². The van der Waals surface area contributed by atoms with E-state index in [0.29, 0.717) is 5.56 Å². The van der Waals surface area contributed by atoms with E-state index >= 15 is 0 Å². The maximum Gasteiger partial charge on any atom is 0.337 e. The Morgan fingerprint density at radius 1 is 1.36 bits per heavy atom. The number of aromatic carboxylic acids is 1. The van der Waals surface area contributed by atoms with Gasteiger partial charge in [0, 0.05) is 22.5 Å². The number of benzene rings is 1. The molecule has 0 saturated heterocycles. The van der Waals surface area contributed by atoms with Gasteiger partial charge >= 0.3 is 5.97 Å². The van der Waals surface area contributed by atoms with E-state index in [1.165, 1.54) is 4.88 Å². The SMILES string of the molecule is CNc1cccc(-c2sc3c(c2C(=O)O)CC(C)(C)CC3)c1. The second-order valence-corrected chi connectivity index (χ2v) is 7.79. The van der Waals surface area contributed by atoms with E-state index in [0.717, 1.165) is 41.0 Å². The maximum atomic E-state index is 11.9. The summed E-state index contributed by atoms with van der Waals surface area (Å²) in [6.45, 7) is 4.45. The van der Waals surface area contributed by atoms with Gasteiger partial charge in [0.2, 0.25) is 0 Å². The predicted octanol–water partition coefficient (Wildman–Crippen LogP) is 4.67. The van der Waals surface area contributed by atoms with Crippen molar-refractivity contribution >= 4 is 23.0 Å². The van der Waals surface area contributed by atoms with E-state index in [2.05, 4.69) is 19.2 Å². The second kappa shape index (κ2) is 5.43. The third-order valence-electron chi connectivity index (χ3n) is 4.40. The standard InChI is InChI=1S/C18H21NO2S/c1-18(2)8-7-14-13(10-18)15(17(20)21)16(22-14)11-5-4-6-12(9-11)19-3/h4-6,9,19H,7-8,10H2,1-3H3,(H,20,21). The first kappa shape index (κ1) is 15.1. The van der Waals surface area contributed by atoms with Crippen LogP contribution in [-0.4, -0.2) is 18.1 Å². The first-order valence-electron chi connectivity index (χ1n) is 7.57. The first-order valence-corrected chi connectivity index (χ1v) is 8.39. The van der Waals surface area contributed by atoms with E-state index < -0.39 is 5.97 Å². The summed E-state index contributed by atoms with van der Waals surface area (Å²) >= 11 is 1.65. The van der Waals surface area contributed by atoms with Crippen LogP contribution in [0.4, 0.5) is 5.69 Å². The van der Waals surface area contributed by atoms with Gasteiger partial charge in [-0.25, -0.2) is 4.79 Å². The summed E-state index contributed by atoms with van der Waals surface area (Å²) in [4.78, 5) is 14.0.